The van der Waals surface area contributed by atoms with E-state index in [0.717, 1.165) is 0 Å². The largest absolute Gasteiger partial charge is 0.399 e. The molecular weight excluding hydrogens is 312 g/mol. The molecule has 0 bridgehead atoms. The summed E-state index contributed by atoms with van der Waals surface area (Å²) in [5, 5.41) is 0.00774. The summed E-state index contributed by atoms with van der Waals surface area (Å²) in [6.07, 6.45) is 0.272. The lowest BCUT2D eigenvalue weighted by atomic mass is 10.3. The molecule has 0 aliphatic carbocycles. The van der Waals surface area contributed by atoms with E-state index in [1.807, 2.05) is 0 Å². The van der Waals surface area contributed by atoms with Gasteiger partial charge in [0, 0.05) is 11.7 Å². The molecule has 1 unspecified atom stereocenters. The van der Waals surface area contributed by atoms with Gasteiger partial charge in [-0.05, 0) is 24.6 Å². The molecule has 1 fully saturated rings. The van der Waals surface area contributed by atoms with Gasteiger partial charge in [-0.1, -0.05) is 11.6 Å². The van der Waals surface area contributed by atoms with Crippen LogP contribution in [0.5, 0.6) is 0 Å². The lowest BCUT2D eigenvalue weighted by molar-refractivity contribution is 0.562. The Labute approximate surface area is 116 Å². The predicted molar refractivity (Wildman–Crippen MR) is 73.2 cm³/mol. The van der Waals surface area contributed by atoms with Gasteiger partial charge in [-0.25, -0.2) is 21.6 Å². The van der Waals surface area contributed by atoms with E-state index >= 15 is 0 Å². The van der Waals surface area contributed by atoms with Crippen molar-refractivity contribution < 1.29 is 16.8 Å². The highest BCUT2D eigenvalue weighted by atomic mass is 35.5. The molecule has 1 aromatic carbocycles. The number of hydrogen-bond acceptors (Lipinski definition) is 5. The maximum absolute atomic E-state index is 12.1. The molecule has 1 aliphatic rings. The lowest BCUT2D eigenvalue weighted by Gasteiger charge is -2.12. The van der Waals surface area contributed by atoms with Crippen molar-refractivity contribution in [1.29, 1.82) is 0 Å². The Morgan fingerprint density at radius 3 is 2.58 bits per heavy atom. The van der Waals surface area contributed by atoms with Crippen molar-refractivity contribution in [2.24, 2.45) is 0 Å². The third-order valence-electron chi connectivity index (χ3n) is 2.80. The summed E-state index contributed by atoms with van der Waals surface area (Å²) in [6.45, 7) is 0. The summed E-state index contributed by atoms with van der Waals surface area (Å²) in [7, 11) is -6.99. The van der Waals surface area contributed by atoms with Gasteiger partial charge in [-0.3, -0.25) is 0 Å². The number of sulfonamides is 1. The molecule has 1 aliphatic heterocycles. The van der Waals surface area contributed by atoms with Crippen LogP contribution in [0.1, 0.15) is 6.42 Å². The fourth-order valence-corrected chi connectivity index (χ4v) is 5.51. The molecule has 19 heavy (non-hydrogen) atoms. The molecule has 0 spiro atoms. The number of sulfone groups is 1. The van der Waals surface area contributed by atoms with Gasteiger partial charge in [0.2, 0.25) is 10.0 Å². The zero-order valence-electron chi connectivity index (χ0n) is 9.84. The van der Waals surface area contributed by atoms with E-state index < -0.39 is 25.9 Å². The minimum Gasteiger partial charge on any atom is -0.399 e. The van der Waals surface area contributed by atoms with E-state index in [0.29, 0.717) is 5.69 Å². The third-order valence-corrected chi connectivity index (χ3v) is 6.57. The predicted octanol–water partition coefficient (Wildman–Crippen LogP) is 0.388. The van der Waals surface area contributed by atoms with E-state index in [4.69, 9.17) is 17.3 Å². The smallest absolute Gasteiger partial charge is 0.242 e. The average Bonchev–Trinajstić information content (AvgIpc) is 2.56. The van der Waals surface area contributed by atoms with Crippen molar-refractivity contribution in [2.45, 2.75) is 17.4 Å². The first-order valence-corrected chi connectivity index (χ1v) is 9.16. The highest BCUT2D eigenvalue weighted by molar-refractivity contribution is 7.92. The molecule has 2 rings (SSSR count). The van der Waals surface area contributed by atoms with Gasteiger partial charge in [-0.2, -0.15) is 0 Å². The van der Waals surface area contributed by atoms with E-state index in [2.05, 4.69) is 4.72 Å². The van der Waals surface area contributed by atoms with E-state index in [-0.39, 0.29) is 27.8 Å². The Bertz CT molecular complexity index is 700. The SMILES string of the molecule is Nc1ccc(S(=O)(=O)NC2CCS(=O)(=O)C2)c(Cl)c1. The summed E-state index contributed by atoms with van der Waals surface area (Å²) in [4.78, 5) is -0.104. The molecule has 1 saturated heterocycles. The number of nitrogen functional groups attached to an aromatic ring is 1. The molecule has 3 N–H and O–H groups in total. The number of halogens is 1. The van der Waals surface area contributed by atoms with Crippen LogP contribution in [0.2, 0.25) is 5.02 Å². The normalized spacial score (nSPS) is 22.5. The highest BCUT2D eigenvalue weighted by Crippen LogP contribution is 2.24. The fraction of sp³-hybridized carbons (Fsp3) is 0.400. The van der Waals surface area contributed by atoms with Gasteiger partial charge in [0.25, 0.3) is 0 Å². The number of nitrogens with two attached hydrogens (primary N) is 1. The molecule has 6 nitrogen and oxygen atoms in total. The topological polar surface area (TPSA) is 106 Å². The van der Waals surface area contributed by atoms with Crippen molar-refractivity contribution in [2.75, 3.05) is 17.2 Å². The lowest BCUT2D eigenvalue weighted by Crippen LogP contribution is -2.35. The Morgan fingerprint density at radius 1 is 1.37 bits per heavy atom. The standard InChI is InChI=1S/C10H13ClN2O4S2/c11-9-5-7(12)1-2-10(9)19(16,17)13-8-3-4-18(14,15)6-8/h1-2,5,8,13H,3-4,6,12H2. The van der Waals surface area contributed by atoms with Crippen molar-refractivity contribution in [3.63, 3.8) is 0 Å². The van der Waals surface area contributed by atoms with E-state index in [9.17, 15) is 16.8 Å². The maximum atomic E-state index is 12.1. The number of hydrogen-bond donors (Lipinski definition) is 2. The van der Waals surface area contributed by atoms with Crippen molar-refractivity contribution in [1.82, 2.24) is 4.72 Å². The monoisotopic (exact) mass is 324 g/mol. The van der Waals surface area contributed by atoms with Crippen molar-refractivity contribution in [3.8, 4) is 0 Å². The van der Waals surface area contributed by atoms with Crippen LogP contribution in [0.25, 0.3) is 0 Å². The van der Waals surface area contributed by atoms with Crippen LogP contribution in [-0.4, -0.2) is 34.4 Å². The van der Waals surface area contributed by atoms with Crippen molar-refractivity contribution >= 4 is 37.1 Å². The van der Waals surface area contributed by atoms with Crippen LogP contribution in [0.15, 0.2) is 23.1 Å². The Balaban J connectivity index is 2.24. The maximum Gasteiger partial charge on any atom is 0.242 e. The van der Waals surface area contributed by atoms with Crippen LogP contribution in [0.3, 0.4) is 0 Å². The third kappa shape index (κ3) is 3.38. The molecule has 0 saturated carbocycles. The second-order valence-corrected chi connectivity index (χ2v) is 8.73. The van der Waals surface area contributed by atoms with Gasteiger partial charge < -0.3 is 5.73 Å². The summed E-state index contributed by atoms with van der Waals surface area (Å²) in [5.74, 6) is -0.186. The second-order valence-electron chi connectivity index (χ2n) is 4.41. The minimum absolute atomic E-state index is 0.00431. The van der Waals surface area contributed by atoms with Gasteiger partial charge in [0.1, 0.15) is 4.90 Å². The van der Waals surface area contributed by atoms with Gasteiger partial charge in [0.15, 0.2) is 9.84 Å². The molecular formula is C10H13ClN2O4S2. The summed E-state index contributed by atoms with van der Waals surface area (Å²) >= 11 is 5.84. The molecule has 9 heteroatoms. The quantitative estimate of drug-likeness (QED) is 0.782. The number of rotatable bonds is 3. The minimum atomic E-state index is -3.84. The van der Waals surface area contributed by atoms with Crippen LogP contribution >= 0.6 is 11.6 Å². The molecule has 0 radical (unpaired) electrons. The molecule has 0 aromatic heterocycles. The van der Waals surface area contributed by atoms with Crippen LogP contribution in [0.4, 0.5) is 5.69 Å². The summed E-state index contributed by atoms with van der Waals surface area (Å²) < 4.78 is 49.2. The summed E-state index contributed by atoms with van der Waals surface area (Å²) in [6, 6.07) is 3.44. The van der Waals surface area contributed by atoms with Gasteiger partial charge in [0.05, 0.1) is 16.5 Å². The van der Waals surface area contributed by atoms with Gasteiger partial charge >= 0.3 is 0 Å². The molecule has 1 aromatic rings. The van der Waals surface area contributed by atoms with Crippen LogP contribution in [-0.2, 0) is 19.9 Å². The Hall–Kier alpha value is -0.830. The zero-order chi connectivity index (χ0) is 14.3. The Kier molecular flexibility index (Phi) is 3.78. The first-order chi connectivity index (χ1) is 8.70. The number of nitrogens with one attached hydrogen (secondary N) is 1. The first-order valence-electron chi connectivity index (χ1n) is 5.47. The van der Waals surface area contributed by atoms with Crippen LogP contribution in [0, 0.1) is 0 Å². The average molecular weight is 325 g/mol. The van der Waals surface area contributed by atoms with Gasteiger partial charge in [-0.15, -0.1) is 0 Å². The Morgan fingerprint density at radius 2 is 2.05 bits per heavy atom. The number of anilines is 1. The first kappa shape index (κ1) is 14.6. The highest BCUT2D eigenvalue weighted by Gasteiger charge is 2.32. The molecule has 106 valence electrons. The zero-order valence-corrected chi connectivity index (χ0v) is 12.2. The molecule has 1 heterocycles. The second kappa shape index (κ2) is 4.93. The number of benzene rings is 1. The van der Waals surface area contributed by atoms with Crippen molar-refractivity contribution in [3.05, 3.63) is 23.2 Å². The molecule has 1 atom stereocenters. The van der Waals surface area contributed by atoms with Crippen LogP contribution < -0.4 is 10.5 Å². The van der Waals surface area contributed by atoms with E-state index in [1.54, 1.807) is 0 Å². The molecule has 0 amide bonds. The fourth-order valence-electron chi connectivity index (χ4n) is 1.91. The summed E-state index contributed by atoms with van der Waals surface area (Å²) in [5.41, 5.74) is 5.85. The van der Waals surface area contributed by atoms with E-state index in [1.165, 1.54) is 18.2 Å².